The summed E-state index contributed by atoms with van der Waals surface area (Å²) in [5, 5.41) is 12.6. The Balaban J connectivity index is 1.90. The molecular weight excluding hydrogens is 340 g/mol. The van der Waals surface area contributed by atoms with Crippen molar-refractivity contribution in [2.45, 2.75) is 51.0 Å². The van der Waals surface area contributed by atoms with E-state index in [1.165, 1.54) is 0 Å². The Morgan fingerprint density at radius 2 is 1.81 bits per heavy atom. The molecule has 1 fully saturated rings. The van der Waals surface area contributed by atoms with Crippen LogP contribution in [0, 0.1) is 11.3 Å². The Bertz CT molecular complexity index is 704. The molecule has 146 valence electrons. The molecule has 0 saturated heterocycles. The van der Waals surface area contributed by atoms with E-state index in [0.717, 1.165) is 49.8 Å². The van der Waals surface area contributed by atoms with E-state index < -0.39 is 5.54 Å². The minimum atomic E-state index is -0.696. The Morgan fingerprint density at radius 3 is 2.44 bits per heavy atom. The van der Waals surface area contributed by atoms with Crippen LogP contribution in [0.2, 0.25) is 0 Å². The fraction of sp³-hybridized carbons (Fsp3) is 0.571. The topological polar surface area (TPSA) is 76.4 Å². The Labute approximate surface area is 162 Å². The normalized spacial score (nSPS) is 15.8. The van der Waals surface area contributed by atoms with Gasteiger partial charge in [-0.15, -0.1) is 0 Å². The van der Waals surface area contributed by atoms with Crippen LogP contribution < -0.4 is 5.32 Å². The average molecular weight is 370 g/mol. The lowest BCUT2D eigenvalue weighted by molar-refractivity contribution is -0.136. The van der Waals surface area contributed by atoms with Gasteiger partial charge in [0.15, 0.2) is 0 Å². The van der Waals surface area contributed by atoms with Gasteiger partial charge in [0.1, 0.15) is 5.54 Å². The van der Waals surface area contributed by atoms with E-state index in [1.807, 2.05) is 31.2 Å². The molecule has 6 heteroatoms. The van der Waals surface area contributed by atoms with Gasteiger partial charge in [0.05, 0.1) is 19.2 Å². The number of hydrogen-bond donors (Lipinski definition) is 1. The summed E-state index contributed by atoms with van der Waals surface area (Å²) in [6, 6.07) is 10.1. The molecule has 0 aromatic heterocycles. The van der Waals surface area contributed by atoms with Crippen molar-refractivity contribution in [3.8, 4) is 6.07 Å². The van der Waals surface area contributed by atoms with Crippen LogP contribution in [-0.2, 0) is 16.0 Å². The lowest BCUT2D eigenvalue weighted by Gasteiger charge is -2.39. The number of anilines is 1. The van der Waals surface area contributed by atoms with Gasteiger partial charge in [0.25, 0.3) is 0 Å². The minimum Gasteiger partial charge on any atom is -0.326 e. The highest BCUT2D eigenvalue weighted by atomic mass is 16.2. The zero-order chi connectivity index (χ0) is 19.9. The Morgan fingerprint density at radius 1 is 1.15 bits per heavy atom. The molecular formula is C21H30N4O2. The number of benzene rings is 1. The smallest absolute Gasteiger partial charge is 0.238 e. The van der Waals surface area contributed by atoms with Gasteiger partial charge in [-0.25, -0.2) is 0 Å². The van der Waals surface area contributed by atoms with Crippen molar-refractivity contribution >= 4 is 17.5 Å². The molecule has 0 spiro atoms. The Hall–Kier alpha value is -2.39. The molecule has 6 nitrogen and oxygen atoms in total. The highest BCUT2D eigenvalue weighted by Crippen LogP contribution is 2.32. The van der Waals surface area contributed by atoms with Gasteiger partial charge in [-0.05, 0) is 37.9 Å². The predicted octanol–water partition coefficient (Wildman–Crippen LogP) is 2.80. The maximum Gasteiger partial charge on any atom is 0.238 e. The summed E-state index contributed by atoms with van der Waals surface area (Å²) in [5.74, 6) is -0.274. The van der Waals surface area contributed by atoms with Gasteiger partial charge < -0.3 is 10.2 Å². The average Bonchev–Trinajstić information content (AvgIpc) is 2.68. The number of carbonyl (C=O) groups excluding carboxylic acids is 2. The van der Waals surface area contributed by atoms with E-state index in [-0.39, 0.29) is 24.9 Å². The molecule has 1 saturated carbocycles. The number of rotatable bonds is 7. The first-order valence-corrected chi connectivity index (χ1v) is 9.66. The summed E-state index contributed by atoms with van der Waals surface area (Å²) in [7, 11) is 3.46. The van der Waals surface area contributed by atoms with Crippen LogP contribution in [0.1, 0.15) is 44.6 Å². The molecule has 2 amide bonds. The second-order valence-corrected chi connectivity index (χ2v) is 7.39. The number of para-hydroxylation sites is 1. The third-order valence-corrected chi connectivity index (χ3v) is 5.40. The molecule has 1 N–H and O–H groups in total. The predicted molar refractivity (Wildman–Crippen MR) is 106 cm³/mol. The van der Waals surface area contributed by atoms with E-state index in [9.17, 15) is 14.9 Å². The molecule has 0 aliphatic heterocycles. The second kappa shape index (κ2) is 9.52. The molecule has 0 bridgehead atoms. The summed E-state index contributed by atoms with van der Waals surface area (Å²) in [4.78, 5) is 28.3. The quantitative estimate of drug-likeness (QED) is 0.801. The summed E-state index contributed by atoms with van der Waals surface area (Å²) >= 11 is 0. The number of amides is 2. The number of nitrogens with one attached hydrogen (secondary N) is 1. The number of nitriles is 1. The van der Waals surface area contributed by atoms with Crippen molar-refractivity contribution in [3.63, 3.8) is 0 Å². The van der Waals surface area contributed by atoms with Crippen LogP contribution in [0.3, 0.4) is 0 Å². The molecule has 1 aliphatic rings. The highest BCUT2D eigenvalue weighted by Gasteiger charge is 2.38. The number of carbonyl (C=O) groups is 2. The molecule has 1 aliphatic carbocycles. The maximum atomic E-state index is 12.7. The molecule has 0 radical (unpaired) electrons. The van der Waals surface area contributed by atoms with Crippen LogP contribution in [-0.4, -0.2) is 54.3 Å². The first-order valence-electron chi connectivity index (χ1n) is 9.66. The summed E-state index contributed by atoms with van der Waals surface area (Å²) in [6.07, 6.45) is 5.35. The minimum absolute atomic E-state index is 0.114. The zero-order valence-corrected chi connectivity index (χ0v) is 16.6. The third kappa shape index (κ3) is 5.30. The molecule has 1 aromatic carbocycles. The van der Waals surface area contributed by atoms with Gasteiger partial charge in [-0.1, -0.05) is 44.4 Å². The van der Waals surface area contributed by atoms with E-state index in [0.29, 0.717) is 0 Å². The van der Waals surface area contributed by atoms with Crippen molar-refractivity contribution in [3.05, 3.63) is 29.8 Å². The van der Waals surface area contributed by atoms with Crippen molar-refractivity contribution in [1.82, 2.24) is 9.80 Å². The first kappa shape index (κ1) is 20.9. The first-order chi connectivity index (χ1) is 12.9. The zero-order valence-electron chi connectivity index (χ0n) is 16.6. The van der Waals surface area contributed by atoms with E-state index in [4.69, 9.17) is 0 Å². The van der Waals surface area contributed by atoms with E-state index in [2.05, 4.69) is 11.4 Å². The van der Waals surface area contributed by atoms with Crippen molar-refractivity contribution in [2.24, 2.45) is 0 Å². The van der Waals surface area contributed by atoms with Crippen LogP contribution >= 0.6 is 0 Å². The number of aryl methyl sites for hydroxylation is 1. The molecule has 27 heavy (non-hydrogen) atoms. The molecule has 1 aromatic rings. The standard InChI is InChI=1S/C21H30N4O2/c1-4-17-10-6-7-11-18(17)23-19(26)14-24(2)15-20(27)25(3)21(16-22)12-8-5-9-13-21/h6-7,10-11H,4-5,8-9,12-15H2,1-3H3,(H,23,26). The van der Waals surface area contributed by atoms with Crippen LogP contribution in [0.4, 0.5) is 5.69 Å². The van der Waals surface area contributed by atoms with Crippen molar-refractivity contribution in [2.75, 3.05) is 32.5 Å². The van der Waals surface area contributed by atoms with Crippen molar-refractivity contribution in [1.29, 1.82) is 5.26 Å². The molecule has 0 atom stereocenters. The van der Waals surface area contributed by atoms with Gasteiger partial charge in [-0.2, -0.15) is 5.26 Å². The van der Waals surface area contributed by atoms with Gasteiger partial charge in [0.2, 0.25) is 11.8 Å². The van der Waals surface area contributed by atoms with Gasteiger partial charge in [0, 0.05) is 12.7 Å². The van der Waals surface area contributed by atoms with E-state index in [1.54, 1.807) is 23.9 Å². The van der Waals surface area contributed by atoms with Crippen molar-refractivity contribution < 1.29 is 9.59 Å². The lowest BCUT2D eigenvalue weighted by atomic mass is 9.81. The largest absolute Gasteiger partial charge is 0.326 e. The van der Waals surface area contributed by atoms with Crippen LogP contribution in [0.25, 0.3) is 0 Å². The summed E-state index contributed by atoms with van der Waals surface area (Å²) in [5.41, 5.74) is 1.20. The van der Waals surface area contributed by atoms with Gasteiger partial charge >= 0.3 is 0 Å². The molecule has 0 unspecified atom stereocenters. The number of likely N-dealkylation sites (N-methyl/N-ethyl adjacent to an activating group) is 2. The second-order valence-electron chi connectivity index (χ2n) is 7.39. The fourth-order valence-corrected chi connectivity index (χ4v) is 3.68. The highest BCUT2D eigenvalue weighted by molar-refractivity contribution is 5.93. The molecule has 2 rings (SSSR count). The number of hydrogen-bond acceptors (Lipinski definition) is 4. The van der Waals surface area contributed by atoms with Crippen LogP contribution in [0.15, 0.2) is 24.3 Å². The maximum absolute atomic E-state index is 12.7. The Kier molecular flexibility index (Phi) is 7.37. The van der Waals surface area contributed by atoms with Gasteiger partial charge in [-0.3, -0.25) is 14.5 Å². The van der Waals surface area contributed by atoms with Crippen LogP contribution in [0.5, 0.6) is 0 Å². The summed E-state index contributed by atoms with van der Waals surface area (Å²) < 4.78 is 0. The van der Waals surface area contributed by atoms with E-state index >= 15 is 0 Å². The third-order valence-electron chi connectivity index (χ3n) is 5.40. The molecule has 0 heterocycles. The fourth-order valence-electron chi connectivity index (χ4n) is 3.68. The monoisotopic (exact) mass is 370 g/mol. The number of nitrogens with zero attached hydrogens (tertiary/aromatic N) is 3. The lowest BCUT2D eigenvalue weighted by Crippen LogP contribution is -2.52. The SMILES string of the molecule is CCc1ccccc1NC(=O)CN(C)CC(=O)N(C)C1(C#N)CCCCC1. The summed E-state index contributed by atoms with van der Waals surface area (Å²) in [6.45, 7) is 2.28.